The zero-order chi connectivity index (χ0) is 23.8. The van der Waals surface area contributed by atoms with Crippen LogP contribution < -0.4 is 10.1 Å². The molecule has 0 aliphatic carbocycles. The van der Waals surface area contributed by atoms with E-state index in [0.717, 1.165) is 10.9 Å². The third kappa shape index (κ3) is 4.19. The van der Waals surface area contributed by atoms with Crippen LogP contribution in [0.5, 0.6) is 5.75 Å². The lowest BCUT2D eigenvalue weighted by Crippen LogP contribution is -2.55. The van der Waals surface area contributed by atoms with Crippen molar-refractivity contribution in [1.82, 2.24) is 24.8 Å². The number of benzene rings is 2. The number of aromatic nitrogens is 3. The number of hydrogen-bond acceptors (Lipinski definition) is 8. The molecule has 11 heteroatoms. The van der Waals surface area contributed by atoms with Crippen molar-refractivity contribution in [2.24, 2.45) is 9.98 Å². The number of halogens is 2. The number of para-hydroxylation sites is 2. The maximum absolute atomic E-state index is 14.0. The first-order valence-corrected chi connectivity index (χ1v) is 11.2. The van der Waals surface area contributed by atoms with E-state index >= 15 is 0 Å². The molecule has 9 nitrogen and oxygen atoms in total. The second kappa shape index (κ2) is 9.01. The van der Waals surface area contributed by atoms with Crippen LogP contribution in [0.15, 0.2) is 70.8 Å². The molecule has 2 aliphatic heterocycles. The fraction of sp³-hybridized carbons (Fsp3) is 0.250. The average molecular weight is 477 g/mol. The van der Waals surface area contributed by atoms with Crippen molar-refractivity contribution in [3.63, 3.8) is 0 Å². The molecule has 178 valence electrons. The predicted molar refractivity (Wildman–Crippen MR) is 127 cm³/mol. The van der Waals surface area contributed by atoms with E-state index in [0.29, 0.717) is 43.1 Å². The third-order valence-corrected chi connectivity index (χ3v) is 5.86. The van der Waals surface area contributed by atoms with Crippen LogP contribution in [0.3, 0.4) is 0 Å². The molecule has 0 amide bonds. The van der Waals surface area contributed by atoms with E-state index in [2.05, 4.69) is 25.3 Å². The van der Waals surface area contributed by atoms with E-state index in [1.807, 2.05) is 29.2 Å². The maximum Gasteiger partial charge on any atom is 0.323 e. The van der Waals surface area contributed by atoms with Gasteiger partial charge in [-0.3, -0.25) is 14.5 Å². The first kappa shape index (κ1) is 21.6. The van der Waals surface area contributed by atoms with E-state index in [1.54, 1.807) is 36.5 Å². The van der Waals surface area contributed by atoms with Crippen molar-refractivity contribution in [3.05, 3.63) is 66.6 Å². The molecule has 4 aromatic rings. The van der Waals surface area contributed by atoms with Crippen LogP contribution in [0.25, 0.3) is 21.9 Å². The Morgan fingerprint density at radius 2 is 1.89 bits per heavy atom. The SMILES string of the molecule is FC(F)c1nc2ccccc2n1C1=NC(Oc2ccc3ncccc3c2)=NC(N2CCOCC2)N1. The summed E-state index contributed by atoms with van der Waals surface area (Å²) in [7, 11) is 0. The van der Waals surface area contributed by atoms with E-state index in [4.69, 9.17) is 9.47 Å². The van der Waals surface area contributed by atoms with Gasteiger partial charge < -0.3 is 14.8 Å². The Morgan fingerprint density at radius 1 is 1.03 bits per heavy atom. The minimum absolute atomic E-state index is 0.0523. The first-order chi connectivity index (χ1) is 17.2. The monoisotopic (exact) mass is 477 g/mol. The number of hydrogen-bond donors (Lipinski definition) is 1. The van der Waals surface area contributed by atoms with Crippen molar-refractivity contribution in [3.8, 4) is 5.75 Å². The van der Waals surface area contributed by atoms with E-state index in [-0.39, 0.29) is 12.0 Å². The number of fused-ring (bicyclic) bond motifs is 2. The van der Waals surface area contributed by atoms with E-state index in [9.17, 15) is 8.78 Å². The van der Waals surface area contributed by atoms with Crippen LogP contribution in [0.4, 0.5) is 8.78 Å². The average Bonchev–Trinajstić information content (AvgIpc) is 3.29. The summed E-state index contributed by atoms with van der Waals surface area (Å²) in [6.07, 6.45) is -1.65. The van der Waals surface area contributed by atoms with Crippen molar-refractivity contribution >= 4 is 33.9 Å². The molecule has 35 heavy (non-hydrogen) atoms. The maximum atomic E-state index is 14.0. The summed E-state index contributed by atoms with van der Waals surface area (Å²) in [6.45, 7) is 2.33. The summed E-state index contributed by atoms with van der Waals surface area (Å²) >= 11 is 0. The Balaban J connectivity index is 1.42. The highest BCUT2D eigenvalue weighted by atomic mass is 19.3. The molecule has 0 spiro atoms. The summed E-state index contributed by atoms with van der Waals surface area (Å²) < 4.78 is 40.8. The summed E-state index contributed by atoms with van der Waals surface area (Å²) in [5.41, 5.74) is 1.78. The molecule has 4 heterocycles. The molecule has 0 radical (unpaired) electrons. The fourth-order valence-corrected chi connectivity index (χ4v) is 4.20. The Labute approximate surface area is 198 Å². The van der Waals surface area contributed by atoms with Gasteiger partial charge in [0, 0.05) is 24.7 Å². The highest BCUT2D eigenvalue weighted by molar-refractivity contribution is 6.00. The van der Waals surface area contributed by atoms with Crippen LogP contribution >= 0.6 is 0 Å². The number of pyridine rings is 1. The number of ether oxygens (including phenoxy) is 2. The highest BCUT2D eigenvalue weighted by Crippen LogP contribution is 2.25. The van der Waals surface area contributed by atoms with Gasteiger partial charge in [0.1, 0.15) is 5.75 Å². The lowest BCUT2D eigenvalue weighted by atomic mass is 10.2. The molecule has 2 aromatic carbocycles. The van der Waals surface area contributed by atoms with Gasteiger partial charge in [-0.1, -0.05) is 18.2 Å². The molecular formula is C24H21F2N7O2. The van der Waals surface area contributed by atoms with E-state index < -0.39 is 18.5 Å². The molecule has 0 bridgehead atoms. The van der Waals surface area contributed by atoms with Gasteiger partial charge in [-0.25, -0.2) is 13.8 Å². The second-order valence-corrected chi connectivity index (χ2v) is 8.07. The summed E-state index contributed by atoms with van der Waals surface area (Å²) in [5.74, 6) is 0.272. The van der Waals surface area contributed by atoms with Gasteiger partial charge >= 0.3 is 6.02 Å². The van der Waals surface area contributed by atoms with Crippen LogP contribution in [-0.4, -0.2) is 64.0 Å². The summed E-state index contributed by atoms with van der Waals surface area (Å²) in [4.78, 5) is 19.6. The van der Waals surface area contributed by atoms with Crippen LogP contribution in [0.2, 0.25) is 0 Å². The molecule has 1 atom stereocenters. The molecule has 2 aromatic heterocycles. The standard InChI is InChI=1S/C24H21F2N7O2/c25-20(26)21-28-18-5-1-2-6-19(18)33(21)23-29-22(32-10-12-34-13-11-32)30-24(31-23)35-16-7-8-17-15(14-16)4-3-9-27-17/h1-9,14,20,22H,10-13H2,(H,29,30,31). The molecular weight excluding hydrogens is 456 g/mol. The number of amidine groups is 1. The molecule has 1 unspecified atom stereocenters. The van der Waals surface area contributed by atoms with Crippen LogP contribution in [-0.2, 0) is 4.74 Å². The second-order valence-electron chi connectivity index (χ2n) is 8.07. The predicted octanol–water partition coefficient (Wildman–Crippen LogP) is 3.38. The van der Waals surface area contributed by atoms with Gasteiger partial charge in [-0.2, -0.15) is 9.98 Å². The lowest BCUT2D eigenvalue weighted by Gasteiger charge is -2.34. The van der Waals surface area contributed by atoms with Crippen LogP contribution in [0, 0.1) is 0 Å². The van der Waals surface area contributed by atoms with Gasteiger partial charge in [0.05, 0.1) is 29.8 Å². The zero-order valence-corrected chi connectivity index (χ0v) is 18.5. The number of aliphatic imine (C=N–C) groups is 2. The van der Waals surface area contributed by atoms with Gasteiger partial charge in [0.15, 0.2) is 12.1 Å². The minimum Gasteiger partial charge on any atom is -0.424 e. The van der Waals surface area contributed by atoms with Gasteiger partial charge in [0.2, 0.25) is 5.96 Å². The largest absolute Gasteiger partial charge is 0.424 e. The number of morpholine rings is 1. The number of alkyl halides is 2. The Hall–Kier alpha value is -3.96. The topological polar surface area (TPSA) is 89.2 Å². The molecule has 1 saturated heterocycles. The van der Waals surface area contributed by atoms with Gasteiger partial charge in [0.25, 0.3) is 6.43 Å². The molecule has 2 aliphatic rings. The van der Waals surface area contributed by atoms with Crippen molar-refractivity contribution < 1.29 is 18.3 Å². The Bertz CT molecular complexity index is 1450. The molecule has 6 rings (SSSR count). The molecule has 1 N–H and O–H groups in total. The number of rotatable bonds is 3. The van der Waals surface area contributed by atoms with E-state index in [1.165, 1.54) is 4.57 Å². The van der Waals surface area contributed by atoms with Crippen LogP contribution in [0.1, 0.15) is 12.2 Å². The van der Waals surface area contributed by atoms with Crippen molar-refractivity contribution in [2.45, 2.75) is 12.7 Å². The number of nitrogens with zero attached hydrogens (tertiary/aromatic N) is 6. The third-order valence-electron chi connectivity index (χ3n) is 5.86. The van der Waals surface area contributed by atoms with Gasteiger partial charge in [-0.15, -0.1) is 0 Å². The first-order valence-electron chi connectivity index (χ1n) is 11.2. The lowest BCUT2D eigenvalue weighted by molar-refractivity contribution is 0.0143. The fourth-order valence-electron chi connectivity index (χ4n) is 4.20. The van der Waals surface area contributed by atoms with Crippen molar-refractivity contribution in [2.75, 3.05) is 26.3 Å². The minimum atomic E-state index is -2.80. The zero-order valence-electron chi connectivity index (χ0n) is 18.5. The highest BCUT2D eigenvalue weighted by Gasteiger charge is 2.30. The molecule has 0 saturated carbocycles. The number of nitrogens with one attached hydrogen (secondary N) is 1. The Kier molecular flexibility index (Phi) is 5.55. The quantitative estimate of drug-likeness (QED) is 0.487. The number of imidazole rings is 1. The van der Waals surface area contributed by atoms with Gasteiger partial charge in [-0.05, 0) is 36.4 Å². The normalized spacial score (nSPS) is 19.0. The van der Waals surface area contributed by atoms with Crippen molar-refractivity contribution in [1.29, 1.82) is 0 Å². The molecule has 1 fully saturated rings. The summed E-state index contributed by atoms with van der Waals surface area (Å²) in [5, 5.41) is 4.09. The smallest absolute Gasteiger partial charge is 0.323 e. The Morgan fingerprint density at radius 3 is 2.74 bits per heavy atom. The summed E-state index contributed by atoms with van der Waals surface area (Å²) in [6, 6.07) is 16.2.